The van der Waals surface area contributed by atoms with Crippen LogP contribution in [0.4, 0.5) is 5.69 Å². The van der Waals surface area contributed by atoms with E-state index in [-0.39, 0.29) is 17.9 Å². The molecule has 1 heterocycles. The van der Waals surface area contributed by atoms with E-state index in [1.807, 2.05) is 13.0 Å². The summed E-state index contributed by atoms with van der Waals surface area (Å²) in [7, 11) is 3.42. The van der Waals surface area contributed by atoms with Crippen LogP contribution in [0.15, 0.2) is 18.2 Å². The Hall–Kier alpha value is -1.88. The summed E-state index contributed by atoms with van der Waals surface area (Å²) in [6, 6.07) is 5.25. The monoisotopic (exact) mass is 275 g/mol. The fourth-order valence-electron chi connectivity index (χ4n) is 2.28. The Balaban J connectivity index is 2.16. The second-order valence-electron chi connectivity index (χ2n) is 5.37. The van der Waals surface area contributed by atoms with E-state index in [9.17, 15) is 9.59 Å². The van der Waals surface area contributed by atoms with Crippen LogP contribution in [0.3, 0.4) is 0 Å². The van der Waals surface area contributed by atoms with Crippen molar-refractivity contribution in [2.75, 3.05) is 26.0 Å². The minimum atomic E-state index is -0.123. The maximum absolute atomic E-state index is 12.1. The summed E-state index contributed by atoms with van der Waals surface area (Å²) in [6.07, 6.45) is 1.89. The molecule has 0 aromatic heterocycles. The molecule has 1 aromatic carbocycles. The largest absolute Gasteiger partial charge is 0.345 e. The van der Waals surface area contributed by atoms with Gasteiger partial charge in [0, 0.05) is 25.3 Å². The zero-order valence-corrected chi connectivity index (χ0v) is 12.2. The molecule has 2 N–H and O–H groups in total. The van der Waals surface area contributed by atoms with Crippen molar-refractivity contribution >= 4 is 17.5 Å². The molecule has 0 spiro atoms. The van der Waals surface area contributed by atoms with Gasteiger partial charge in [-0.05, 0) is 44.0 Å². The SMILES string of the molecule is Cc1ccc(C(=O)N(C)C)cc1NC(=O)C1CCCN1. The van der Waals surface area contributed by atoms with Gasteiger partial charge in [0.1, 0.15) is 0 Å². The fraction of sp³-hybridized carbons (Fsp3) is 0.467. The van der Waals surface area contributed by atoms with Crippen LogP contribution in [0, 0.1) is 6.92 Å². The Kier molecular flexibility index (Phi) is 4.39. The van der Waals surface area contributed by atoms with E-state index in [1.165, 1.54) is 4.90 Å². The lowest BCUT2D eigenvalue weighted by atomic mass is 10.1. The number of carbonyl (C=O) groups is 2. The molecule has 1 aromatic rings. The predicted octanol–water partition coefficient (Wildman–Crippen LogP) is 1.39. The smallest absolute Gasteiger partial charge is 0.253 e. The molecule has 1 aliphatic rings. The van der Waals surface area contributed by atoms with Gasteiger partial charge in [-0.1, -0.05) is 6.07 Å². The van der Waals surface area contributed by atoms with Crippen LogP contribution in [-0.2, 0) is 4.79 Å². The summed E-state index contributed by atoms with van der Waals surface area (Å²) < 4.78 is 0. The maximum atomic E-state index is 12.1. The molecule has 2 amide bonds. The number of aryl methyl sites for hydroxylation is 1. The third-order valence-corrected chi connectivity index (χ3v) is 3.53. The molecule has 108 valence electrons. The second kappa shape index (κ2) is 6.05. The molecule has 1 unspecified atom stereocenters. The summed E-state index contributed by atoms with van der Waals surface area (Å²) in [5.41, 5.74) is 2.23. The lowest BCUT2D eigenvalue weighted by Crippen LogP contribution is -2.35. The van der Waals surface area contributed by atoms with Gasteiger partial charge in [-0.3, -0.25) is 9.59 Å². The standard InChI is InChI=1S/C15H21N3O2/c1-10-6-7-11(15(20)18(2)3)9-13(10)17-14(19)12-5-4-8-16-12/h6-7,9,12,16H,4-5,8H2,1-3H3,(H,17,19). The van der Waals surface area contributed by atoms with E-state index in [0.717, 1.165) is 24.9 Å². The van der Waals surface area contributed by atoms with E-state index >= 15 is 0 Å². The first-order valence-corrected chi connectivity index (χ1v) is 6.85. The highest BCUT2D eigenvalue weighted by Crippen LogP contribution is 2.19. The zero-order chi connectivity index (χ0) is 14.7. The third kappa shape index (κ3) is 3.17. The van der Waals surface area contributed by atoms with Crippen LogP contribution in [0.25, 0.3) is 0 Å². The molecule has 1 fully saturated rings. The van der Waals surface area contributed by atoms with Gasteiger partial charge in [0.25, 0.3) is 5.91 Å². The van der Waals surface area contributed by atoms with Crippen molar-refractivity contribution in [3.63, 3.8) is 0 Å². The van der Waals surface area contributed by atoms with Crippen LogP contribution in [0.2, 0.25) is 0 Å². The first-order chi connectivity index (χ1) is 9.49. The van der Waals surface area contributed by atoms with Gasteiger partial charge < -0.3 is 15.5 Å². The molecule has 5 nitrogen and oxygen atoms in total. The molecule has 1 saturated heterocycles. The first kappa shape index (κ1) is 14.5. The van der Waals surface area contributed by atoms with Crippen molar-refractivity contribution in [2.45, 2.75) is 25.8 Å². The molecule has 0 saturated carbocycles. The van der Waals surface area contributed by atoms with Crippen molar-refractivity contribution in [1.29, 1.82) is 0 Å². The number of hydrogen-bond donors (Lipinski definition) is 2. The zero-order valence-electron chi connectivity index (χ0n) is 12.2. The summed E-state index contributed by atoms with van der Waals surface area (Å²) in [4.78, 5) is 25.6. The van der Waals surface area contributed by atoms with Gasteiger partial charge in [-0.2, -0.15) is 0 Å². The fourth-order valence-corrected chi connectivity index (χ4v) is 2.28. The lowest BCUT2D eigenvalue weighted by molar-refractivity contribution is -0.117. The number of carbonyl (C=O) groups excluding carboxylic acids is 2. The van der Waals surface area contributed by atoms with Crippen molar-refractivity contribution in [2.24, 2.45) is 0 Å². The van der Waals surface area contributed by atoms with Crippen LogP contribution < -0.4 is 10.6 Å². The number of amides is 2. The second-order valence-corrected chi connectivity index (χ2v) is 5.37. The van der Waals surface area contributed by atoms with Gasteiger partial charge in [0.05, 0.1) is 6.04 Å². The van der Waals surface area contributed by atoms with Gasteiger partial charge in [0.2, 0.25) is 5.91 Å². The number of hydrogen-bond acceptors (Lipinski definition) is 3. The third-order valence-electron chi connectivity index (χ3n) is 3.53. The van der Waals surface area contributed by atoms with Crippen molar-refractivity contribution in [1.82, 2.24) is 10.2 Å². The lowest BCUT2D eigenvalue weighted by Gasteiger charge is -2.15. The molecule has 1 atom stereocenters. The van der Waals surface area contributed by atoms with Gasteiger partial charge >= 0.3 is 0 Å². The van der Waals surface area contributed by atoms with Crippen LogP contribution in [0.1, 0.15) is 28.8 Å². The molecule has 2 rings (SSSR count). The molecule has 0 bridgehead atoms. The number of nitrogens with one attached hydrogen (secondary N) is 2. The summed E-state index contributed by atoms with van der Waals surface area (Å²) in [6.45, 7) is 2.80. The molecular weight excluding hydrogens is 254 g/mol. The Morgan fingerprint density at radius 3 is 2.70 bits per heavy atom. The minimum absolute atomic E-state index is 0.0277. The minimum Gasteiger partial charge on any atom is -0.345 e. The Bertz CT molecular complexity index is 520. The molecule has 5 heteroatoms. The molecule has 0 radical (unpaired) electrons. The van der Waals surface area contributed by atoms with Gasteiger partial charge in [-0.15, -0.1) is 0 Å². The Labute approximate surface area is 119 Å². The van der Waals surface area contributed by atoms with E-state index < -0.39 is 0 Å². The van der Waals surface area contributed by atoms with Crippen molar-refractivity contribution in [3.05, 3.63) is 29.3 Å². The highest BCUT2D eigenvalue weighted by atomic mass is 16.2. The predicted molar refractivity (Wildman–Crippen MR) is 78.9 cm³/mol. The summed E-state index contributed by atoms with van der Waals surface area (Å²) in [5, 5.41) is 6.08. The molecule has 1 aliphatic heterocycles. The molecular formula is C15H21N3O2. The van der Waals surface area contributed by atoms with Crippen molar-refractivity contribution < 1.29 is 9.59 Å². The van der Waals surface area contributed by atoms with E-state index in [2.05, 4.69) is 10.6 Å². The number of rotatable bonds is 3. The quantitative estimate of drug-likeness (QED) is 0.876. The normalized spacial score (nSPS) is 17.9. The topological polar surface area (TPSA) is 61.4 Å². The first-order valence-electron chi connectivity index (χ1n) is 6.85. The average Bonchev–Trinajstić information content (AvgIpc) is 2.94. The number of anilines is 1. The molecule has 0 aliphatic carbocycles. The van der Waals surface area contributed by atoms with Crippen LogP contribution in [0.5, 0.6) is 0 Å². The van der Waals surface area contributed by atoms with E-state index in [4.69, 9.17) is 0 Å². The highest BCUT2D eigenvalue weighted by Gasteiger charge is 2.22. The van der Waals surface area contributed by atoms with Crippen LogP contribution >= 0.6 is 0 Å². The average molecular weight is 275 g/mol. The number of nitrogens with zero attached hydrogens (tertiary/aromatic N) is 1. The van der Waals surface area contributed by atoms with Crippen LogP contribution in [-0.4, -0.2) is 43.4 Å². The van der Waals surface area contributed by atoms with E-state index in [1.54, 1.807) is 26.2 Å². The summed E-state index contributed by atoms with van der Waals surface area (Å²) >= 11 is 0. The van der Waals surface area contributed by atoms with Gasteiger partial charge in [0.15, 0.2) is 0 Å². The number of benzene rings is 1. The summed E-state index contributed by atoms with van der Waals surface area (Å²) in [5.74, 6) is -0.0976. The Morgan fingerprint density at radius 2 is 2.10 bits per heavy atom. The molecule has 20 heavy (non-hydrogen) atoms. The van der Waals surface area contributed by atoms with E-state index in [0.29, 0.717) is 11.3 Å². The van der Waals surface area contributed by atoms with Crippen molar-refractivity contribution in [3.8, 4) is 0 Å². The van der Waals surface area contributed by atoms with Gasteiger partial charge in [-0.25, -0.2) is 0 Å². The maximum Gasteiger partial charge on any atom is 0.253 e. The Morgan fingerprint density at radius 1 is 1.35 bits per heavy atom. The highest BCUT2D eigenvalue weighted by molar-refractivity contribution is 5.99.